The minimum atomic E-state index is -0.365. The van der Waals surface area contributed by atoms with Gasteiger partial charge in [0, 0.05) is 7.11 Å². The van der Waals surface area contributed by atoms with E-state index < -0.39 is 0 Å². The van der Waals surface area contributed by atoms with E-state index in [4.69, 9.17) is 15.2 Å². The number of nitrogen functional groups attached to an aromatic ring is 1. The van der Waals surface area contributed by atoms with Gasteiger partial charge in [-0.2, -0.15) is 0 Å². The maximum atomic E-state index is 11.6. The maximum Gasteiger partial charge on any atom is 0.338 e. The Bertz CT molecular complexity index is 538. The van der Waals surface area contributed by atoms with Crippen molar-refractivity contribution in [1.82, 2.24) is 4.98 Å². The molecule has 0 fully saturated rings. The highest BCUT2D eigenvalue weighted by Crippen LogP contribution is 2.24. The summed E-state index contributed by atoms with van der Waals surface area (Å²) in [6.07, 6.45) is 0. The predicted molar refractivity (Wildman–Crippen MR) is 66.2 cm³/mol. The van der Waals surface area contributed by atoms with Gasteiger partial charge in [0.2, 0.25) is 0 Å². The average molecular weight is 252 g/mol. The number of hydrogen-bond acceptors (Lipinski definition) is 6. The topological polar surface area (TPSA) is 74.4 Å². The number of hydrogen-bond donors (Lipinski definition) is 1. The van der Waals surface area contributed by atoms with Crippen LogP contribution in [-0.2, 0) is 9.47 Å². The van der Waals surface area contributed by atoms with Gasteiger partial charge in [0.25, 0.3) is 0 Å². The zero-order chi connectivity index (χ0) is 12.3. The van der Waals surface area contributed by atoms with E-state index in [1.807, 2.05) is 0 Å². The molecule has 2 N–H and O–H groups in total. The van der Waals surface area contributed by atoms with Crippen molar-refractivity contribution < 1.29 is 14.3 Å². The molecular formula is C11H12N2O3S. The molecule has 0 radical (unpaired) electrons. The number of ether oxygens (including phenoxy) is 2. The lowest BCUT2D eigenvalue weighted by atomic mass is 10.2. The SMILES string of the molecule is COCCOC(=O)c1ccc2nc(N)sc2c1. The zero-order valence-electron chi connectivity index (χ0n) is 9.30. The Morgan fingerprint density at radius 3 is 3.06 bits per heavy atom. The Morgan fingerprint density at radius 2 is 2.29 bits per heavy atom. The maximum absolute atomic E-state index is 11.6. The molecule has 0 spiro atoms. The van der Waals surface area contributed by atoms with Gasteiger partial charge in [-0.25, -0.2) is 9.78 Å². The van der Waals surface area contributed by atoms with Gasteiger partial charge in [0.1, 0.15) is 6.61 Å². The summed E-state index contributed by atoms with van der Waals surface area (Å²) in [5, 5.41) is 0.491. The van der Waals surface area contributed by atoms with Gasteiger partial charge in [0.15, 0.2) is 5.13 Å². The summed E-state index contributed by atoms with van der Waals surface area (Å²) in [7, 11) is 1.56. The van der Waals surface area contributed by atoms with Gasteiger partial charge in [-0.15, -0.1) is 0 Å². The number of nitrogens with two attached hydrogens (primary N) is 1. The van der Waals surface area contributed by atoms with Crippen molar-refractivity contribution in [2.45, 2.75) is 0 Å². The third-order valence-electron chi connectivity index (χ3n) is 2.16. The quantitative estimate of drug-likeness (QED) is 0.662. The number of carbonyl (C=O) groups excluding carboxylic acids is 1. The number of fused-ring (bicyclic) bond motifs is 1. The Hall–Kier alpha value is -1.66. The van der Waals surface area contributed by atoms with Crippen LogP contribution in [0.3, 0.4) is 0 Å². The lowest BCUT2D eigenvalue weighted by Crippen LogP contribution is -2.09. The van der Waals surface area contributed by atoms with Crippen LogP contribution in [0.1, 0.15) is 10.4 Å². The van der Waals surface area contributed by atoms with Gasteiger partial charge >= 0.3 is 5.97 Å². The number of methoxy groups -OCH3 is 1. The normalized spacial score (nSPS) is 10.6. The molecule has 0 atom stereocenters. The van der Waals surface area contributed by atoms with Gasteiger partial charge in [0.05, 0.1) is 22.4 Å². The predicted octanol–water partition coefficient (Wildman–Crippen LogP) is 1.68. The van der Waals surface area contributed by atoms with Crippen LogP contribution < -0.4 is 5.73 Å². The molecular weight excluding hydrogens is 240 g/mol. The molecule has 1 heterocycles. The molecule has 0 amide bonds. The number of aromatic nitrogens is 1. The molecule has 90 valence electrons. The van der Waals surface area contributed by atoms with E-state index in [0.29, 0.717) is 17.3 Å². The highest BCUT2D eigenvalue weighted by atomic mass is 32.1. The van der Waals surface area contributed by atoms with Crippen LogP contribution in [0, 0.1) is 0 Å². The summed E-state index contributed by atoms with van der Waals surface area (Å²) < 4.78 is 10.7. The molecule has 0 bridgehead atoms. The molecule has 1 aromatic carbocycles. The zero-order valence-corrected chi connectivity index (χ0v) is 10.1. The Kier molecular flexibility index (Phi) is 3.55. The second-order valence-electron chi connectivity index (χ2n) is 3.36. The van der Waals surface area contributed by atoms with E-state index in [1.54, 1.807) is 25.3 Å². The highest BCUT2D eigenvalue weighted by molar-refractivity contribution is 7.22. The van der Waals surface area contributed by atoms with Crippen molar-refractivity contribution in [2.75, 3.05) is 26.1 Å². The van der Waals surface area contributed by atoms with Crippen LogP contribution in [0.15, 0.2) is 18.2 Å². The van der Waals surface area contributed by atoms with Crippen molar-refractivity contribution in [3.05, 3.63) is 23.8 Å². The van der Waals surface area contributed by atoms with E-state index in [0.717, 1.165) is 10.2 Å². The van der Waals surface area contributed by atoms with Crippen LogP contribution in [0.5, 0.6) is 0 Å². The first-order chi connectivity index (χ1) is 8.20. The molecule has 0 unspecified atom stereocenters. The smallest absolute Gasteiger partial charge is 0.338 e. The molecule has 0 aliphatic rings. The monoisotopic (exact) mass is 252 g/mol. The number of nitrogens with zero attached hydrogens (tertiary/aromatic N) is 1. The van der Waals surface area contributed by atoms with Crippen LogP contribution in [0.2, 0.25) is 0 Å². The van der Waals surface area contributed by atoms with E-state index in [1.165, 1.54) is 11.3 Å². The Labute approximate surface area is 102 Å². The lowest BCUT2D eigenvalue weighted by molar-refractivity contribution is 0.0388. The standard InChI is InChI=1S/C11H12N2O3S/c1-15-4-5-16-10(14)7-2-3-8-9(6-7)17-11(12)13-8/h2-3,6H,4-5H2,1H3,(H2,12,13). The average Bonchev–Trinajstić information content (AvgIpc) is 2.68. The second kappa shape index (κ2) is 5.11. The molecule has 0 aliphatic carbocycles. The second-order valence-corrected chi connectivity index (χ2v) is 4.43. The molecule has 6 heteroatoms. The van der Waals surface area contributed by atoms with Gasteiger partial charge in [-0.1, -0.05) is 11.3 Å². The molecule has 2 rings (SSSR count). The van der Waals surface area contributed by atoms with Gasteiger partial charge < -0.3 is 15.2 Å². The summed E-state index contributed by atoms with van der Waals surface area (Å²) in [5.41, 5.74) is 6.88. The molecule has 0 saturated heterocycles. The first kappa shape index (κ1) is 11.8. The number of rotatable bonds is 4. The fraction of sp³-hybridized carbons (Fsp3) is 0.273. The fourth-order valence-corrected chi connectivity index (χ4v) is 2.14. The van der Waals surface area contributed by atoms with E-state index >= 15 is 0 Å². The molecule has 5 nitrogen and oxygen atoms in total. The van der Waals surface area contributed by atoms with Crippen molar-refractivity contribution in [3.63, 3.8) is 0 Å². The van der Waals surface area contributed by atoms with Crippen molar-refractivity contribution in [3.8, 4) is 0 Å². The minimum absolute atomic E-state index is 0.248. The lowest BCUT2D eigenvalue weighted by Gasteiger charge is -2.03. The highest BCUT2D eigenvalue weighted by Gasteiger charge is 2.09. The Balaban J connectivity index is 2.15. The molecule has 2 aromatic rings. The number of anilines is 1. The fourth-order valence-electron chi connectivity index (χ4n) is 1.37. The van der Waals surface area contributed by atoms with E-state index in [2.05, 4.69) is 4.98 Å². The number of benzene rings is 1. The number of carbonyl (C=O) groups is 1. The van der Waals surface area contributed by atoms with E-state index in [9.17, 15) is 4.79 Å². The number of esters is 1. The minimum Gasteiger partial charge on any atom is -0.460 e. The van der Waals surface area contributed by atoms with Crippen LogP contribution in [0.25, 0.3) is 10.2 Å². The van der Waals surface area contributed by atoms with Crippen LogP contribution in [0.4, 0.5) is 5.13 Å². The number of thiazole rings is 1. The molecule has 1 aromatic heterocycles. The van der Waals surface area contributed by atoms with Gasteiger partial charge in [-0.3, -0.25) is 0 Å². The van der Waals surface area contributed by atoms with Crippen LogP contribution >= 0.6 is 11.3 Å². The summed E-state index contributed by atoms with van der Waals surface area (Å²) >= 11 is 1.35. The molecule has 17 heavy (non-hydrogen) atoms. The molecule has 0 aliphatic heterocycles. The first-order valence-corrected chi connectivity index (χ1v) is 5.84. The van der Waals surface area contributed by atoms with Crippen molar-refractivity contribution in [2.24, 2.45) is 0 Å². The summed E-state index contributed by atoms with van der Waals surface area (Å²) in [6.45, 7) is 0.639. The third-order valence-corrected chi connectivity index (χ3v) is 3.01. The third kappa shape index (κ3) is 2.72. The molecule has 0 saturated carbocycles. The van der Waals surface area contributed by atoms with Crippen molar-refractivity contribution in [1.29, 1.82) is 0 Å². The Morgan fingerprint density at radius 1 is 1.47 bits per heavy atom. The summed E-state index contributed by atoms with van der Waals surface area (Å²) in [4.78, 5) is 15.8. The summed E-state index contributed by atoms with van der Waals surface area (Å²) in [6, 6.07) is 5.17. The van der Waals surface area contributed by atoms with Gasteiger partial charge in [-0.05, 0) is 18.2 Å². The van der Waals surface area contributed by atoms with Crippen molar-refractivity contribution >= 4 is 32.7 Å². The summed E-state index contributed by atoms with van der Waals surface area (Å²) in [5.74, 6) is -0.365. The van der Waals surface area contributed by atoms with Crippen LogP contribution in [-0.4, -0.2) is 31.3 Å². The largest absolute Gasteiger partial charge is 0.460 e. The van der Waals surface area contributed by atoms with E-state index in [-0.39, 0.29) is 12.6 Å². The first-order valence-electron chi connectivity index (χ1n) is 5.03.